The molecule has 9 heteroatoms. The largest absolute Gasteiger partial charge is 0.353 e. The van der Waals surface area contributed by atoms with Gasteiger partial charge in [-0.2, -0.15) is 0 Å². The van der Waals surface area contributed by atoms with Crippen LogP contribution in [-0.4, -0.2) is 39.9 Å². The first-order valence-electron chi connectivity index (χ1n) is 8.15. The molecule has 0 aromatic heterocycles. The van der Waals surface area contributed by atoms with Crippen molar-refractivity contribution < 1.29 is 22.4 Å². The molecule has 0 saturated heterocycles. The van der Waals surface area contributed by atoms with Gasteiger partial charge in [-0.15, -0.1) is 0 Å². The van der Waals surface area contributed by atoms with Crippen molar-refractivity contribution in [3.8, 4) is 0 Å². The summed E-state index contributed by atoms with van der Waals surface area (Å²) in [6.45, 7) is 1.55. The summed E-state index contributed by atoms with van der Waals surface area (Å²) >= 11 is 0. The molecule has 0 atom stereocenters. The molecule has 0 fully saturated rings. The molecule has 2 aromatic rings. The van der Waals surface area contributed by atoms with Gasteiger partial charge in [-0.1, -0.05) is 29.8 Å². The van der Waals surface area contributed by atoms with E-state index in [9.17, 15) is 22.4 Å². The van der Waals surface area contributed by atoms with Crippen LogP contribution in [0.15, 0.2) is 53.4 Å². The van der Waals surface area contributed by atoms with Crippen molar-refractivity contribution in [2.75, 3.05) is 19.6 Å². The molecule has 0 radical (unpaired) electrons. The van der Waals surface area contributed by atoms with Gasteiger partial charge < -0.3 is 10.6 Å². The van der Waals surface area contributed by atoms with Gasteiger partial charge in [0.2, 0.25) is 15.9 Å². The molecule has 0 unspecified atom stereocenters. The van der Waals surface area contributed by atoms with Gasteiger partial charge in [0.15, 0.2) is 0 Å². The van der Waals surface area contributed by atoms with Crippen molar-refractivity contribution in [3.63, 3.8) is 0 Å². The number of carbonyl (C=O) groups excluding carboxylic acids is 2. The number of carbonyl (C=O) groups is 2. The fourth-order valence-corrected chi connectivity index (χ4v) is 3.12. The minimum atomic E-state index is -3.78. The monoisotopic (exact) mass is 393 g/mol. The topological polar surface area (TPSA) is 104 Å². The van der Waals surface area contributed by atoms with Crippen LogP contribution in [0.3, 0.4) is 0 Å². The fourth-order valence-electron chi connectivity index (χ4n) is 2.14. The third-order valence-corrected chi connectivity index (χ3v) is 5.02. The smallest absolute Gasteiger partial charge is 0.254 e. The van der Waals surface area contributed by atoms with Crippen LogP contribution < -0.4 is 15.4 Å². The maximum atomic E-state index is 13.5. The molecule has 3 N–H and O–H groups in total. The number of aryl methyl sites for hydroxylation is 1. The Bertz CT molecular complexity index is 914. The van der Waals surface area contributed by atoms with Crippen molar-refractivity contribution in [1.29, 1.82) is 0 Å². The van der Waals surface area contributed by atoms with Crippen molar-refractivity contribution in [2.24, 2.45) is 0 Å². The lowest BCUT2D eigenvalue weighted by atomic mass is 10.2. The summed E-state index contributed by atoms with van der Waals surface area (Å²) in [5, 5.41) is 4.93. The summed E-state index contributed by atoms with van der Waals surface area (Å²) in [4.78, 5) is 23.6. The average molecular weight is 393 g/mol. The second-order valence-corrected chi connectivity index (χ2v) is 7.49. The Morgan fingerprint density at radius 1 is 0.963 bits per heavy atom. The standard InChI is InChI=1S/C18H20FN3O4S/c1-13-6-8-14(9-7-13)27(25,26)22-12-17(23)20-10-11-21-18(24)15-4-2-3-5-16(15)19/h2-9,22H,10-12H2,1H3,(H,20,23)(H,21,24). The van der Waals surface area contributed by atoms with Crippen LogP contribution in [0.1, 0.15) is 15.9 Å². The lowest BCUT2D eigenvalue weighted by Crippen LogP contribution is -2.40. The SMILES string of the molecule is Cc1ccc(S(=O)(=O)NCC(=O)NCCNC(=O)c2ccccc2F)cc1. The molecular weight excluding hydrogens is 373 g/mol. The van der Waals surface area contributed by atoms with E-state index in [-0.39, 0.29) is 23.5 Å². The van der Waals surface area contributed by atoms with Crippen molar-refractivity contribution in [1.82, 2.24) is 15.4 Å². The summed E-state index contributed by atoms with van der Waals surface area (Å²) in [5.41, 5.74) is 0.832. The minimum Gasteiger partial charge on any atom is -0.353 e. The number of sulfonamides is 1. The van der Waals surface area contributed by atoms with Gasteiger partial charge in [-0.3, -0.25) is 9.59 Å². The van der Waals surface area contributed by atoms with Crippen molar-refractivity contribution in [2.45, 2.75) is 11.8 Å². The molecule has 2 rings (SSSR count). The zero-order valence-corrected chi connectivity index (χ0v) is 15.5. The molecule has 0 heterocycles. The molecule has 0 bridgehead atoms. The maximum absolute atomic E-state index is 13.5. The molecule has 27 heavy (non-hydrogen) atoms. The molecule has 0 spiro atoms. The normalized spacial score (nSPS) is 11.0. The average Bonchev–Trinajstić information content (AvgIpc) is 2.64. The van der Waals surface area contributed by atoms with Gasteiger partial charge in [-0.25, -0.2) is 17.5 Å². The summed E-state index contributed by atoms with van der Waals surface area (Å²) in [7, 11) is -3.78. The number of hydrogen-bond acceptors (Lipinski definition) is 4. The lowest BCUT2D eigenvalue weighted by molar-refractivity contribution is -0.119. The Labute approximate surface area is 157 Å². The molecular formula is C18H20FN3O4S. The first-order valence-corrected chi connectivity index (χ1v) is 9.63. The van der Waals surface area contributed by atoms with Crippen LogP contribution in [0.2, 0.25) is 0 Å². The number of amides is 2. The second-order valence-electron chi connectivity index (χ2n) is 5.72. The Balaban J connectivity index is 1.73. The van der Waals surface area contributed by atoms with Gasteiger partial charge in [0, 0.05) is 13.1 Å². The Morgan fingerprint density at radius 2 is 1.59 bits per heavy atom. The molecule has 2 amide bonds. The summed E-state index contributed by atoms with van der Waals surface area (Å²) in [6.07, 6.45) is 0. The Kier molecular flexibility index (Phi) is 7.03. The van der Waals surface area contributed by atoms with E-state index in [2.05, 4.69) is 15.4 Å². The van der Waals surface area contributed by atoms with Crippen LogP contribution in [0, 0.1) is 12.7 Å². The molecule has 0 aliphatic carbocycles. The summed E-state index contributed by atoms with van der Waals surface area (Å²) in [6, 6.07) is 11.8. The summed E-state index contributed by atoms with van der Waals surface area (Å²) in [5.74, 6) is -1.78. The third kappa shape index (κ3) is 6.15. The number of halogens is 1. The zero-order chi connectivity index (χ0) is 19.9. The Hall–Kier alpha value is -2.78. The van der Waals surface area contributed by atoms with Crippen LogP contribution in [0.4, 0.5) is 4.39 Å². The van der Waals surface area contributed by atoms with Crippen molar-refractivity contribution in [3.05, 3.63) is 65.5 Å². The van der Waals surface area contributed by atoms with Crippen molar-refractivity contribution >= 4 is 21.8 Å². The highest BCUT2D eigenvalue weighted by atomic mass is 32.2. The van der Waals surface area contributed by atoms with E-state index in [0.717, 1.165) is 5.56 Å². The van der Waals surface area contributed by atoms with E-state index in [1.165, 1.54) is 30.3 Å². The van der Waals surface area contributed by atoms with Crippen LogP contribution in [0.5, 0.6) is 0 Å². The zero-order valence-electron chi connectivity index (χ0n) is 14.7. The predicted octanol–water partition coefficient (Wildman–Crippen LogP) is 0.959. The van der Waals surface area contributed by atoms with E-state index in [1.54, 1.807) is 18.2 Å². The van der Waals surface area contributed by atoms with E-state index >= 15 is 0 Å². The maximum Gasteiger partial charge on any atom is 0.254 e. The highest BCUT2D eigenvalue weighted by Gasteiger charge is 2.15. The van der Waals surface area contributed by atoms with Gasteiger partial charge in [0.25, 0.3) is 5.91 Å². The Morgan fingerprint density at radius 3 is 2.26 bits per heavy atom. The quantitative estimate of drug-likeness (QED) is 0.581. The molecule has 7 nitrogen and oxygen atoms in total. The van der Waals surface area contributed by atoms with E-state index in [1.807, 2.05) is 6.92 Å². The van der Waals surface area contributed by atoms with Crippen LogP contribution in [0.25, 0.3) is 0 Å². The van der Waals surface area contributed by atoms with Gasteiger partial charge in [0.05, 0.1) is 17.0 Å². The van der Waals surface area contributed by atoms with Crippen LogP contribution >= 0.6 is 0 Å². The number of benzene rings is 2. The minimum absolute atomic E-state index is 0.0676. The first-order chi connectivity index (χ1) is 12.8. The number of nitrogens with one attached hydrogen (secondary N) is 3. The summed E-state index contributed by atoms with van der Waals surface area (Å²) < 4.78 is 39.8. The third-order valence-electron chi connectivity index (χ3n) is 3.61. The van der Waals surface area contributed by atoms with E-state index in [4.69, 9.17) is 0 Å². The molecule has 0 aliphatic rings. The lowest BCUT2D eigenvalue weighted by Gasteiger charge is -2.09. The van der Waals surface area contributed by atoms with Crippen LogP contribution in [-0.2, 0) is 14.8 Å². The number of rotatable bonds is 8. The molecule has 2 aromatic carbocycles. The highest BCUT2D eigenvalue weighted by molar-refractivity contribution is 7.89. The van der Waals surface area contributed by atoms with E-state index in [0.29, 0.717) is 0 Å². The molecule has 0 aliphatic heterocycles. The fraction of sp³-hybridized carbons (Fsp3) is 0.222. The first kappa shape index (κ1) is 20.5. The number of hydrogen-bond donors (Lipinski definition) is 3. The second kappa shape index (κ2) is 9.24. The van der Waals surface area contributed by atoms with Gasteiger partial charge in [-0.05, 0) is 31.2 Å². The molecule has 0 saturated carbocycles. The predicted molar refractivity (Wildman–Crippen MR) is 98.1 cm³/mol. The molecule has 144 valence electrons. The highest BCUT2D eigenvalue weighted by Crippen LogP contribution is 2.09. The van der Waals surface area contributed by atoms with Gasteiger partial charge >= 0.3 is 0 Å². The van der Waals surface area contributed by atoms with Gasteiger partial charge in [0.1, 0.15) is 5.82 Å². The van der Waals surface area contributed by atoms with E-state index < -0.39 is 34.2 Å².